The normalized spacial score (nSPS) is 11.1. The van der Waals surface area contributed by atoms with E-state index in [0.717, 1.165) is 34.2 Å². The first kappa shape index (κ1) is 14.5. The Morgan fingerprint density at radius 2 is 2.05 bits per heavy atom. The van der Waals surface area contributed by atoms with Crippen molar-refractivity contribution in [3.63, 3.8) is 0 Å². The Kier molecular flexibility index (Phi) is 4.85. The van der Waals surface area contributed by atoms with Crippen LogP contribution in [0.15, 0.2) is 47.8 Å². The van der Waals surface area contributed by atoms with E-state index in [1.54, 1.807) is 29.4 Å². The largest absolute Gasteiger partial charge is 0.381 e. The summed E-state index contributed by atoms with van der Waals surface area (Å²) in [5, 5.41) is 2.18. The van der Waals surface area contributed by atoms with E-state index in [1.807, 2.05) is 13.0 Å². The van der Waals surface area contributed by atoms with Crippen LogP contribution in [0, 0.1) is 0 Å². The maximum Gasteiger partial charge on any atom is 0.128 e. The zero-order valence-electron chi connectivity index (χ0n) is 11.8. The molecule has 0 aliphatic rings. The summed E-state index contributed by atoms with van der Waals surface area (Å²) in [5.74, 6) is 0.913. The third kappa shape index (κ3) is 3.43. The minimum atomic E-state index is 0.752. The molecule has 0 saturated heterocycles. The van der Waals surface area contributed by atoms with Gasteiger partial charge in [0, 0.05) is 22.6 Å². The van der Waals surface area contributed by atoms with Crippen molar-refractivity contribution in [3.8, 4) is 10.4 Å². The van der Waals surface area contributed by atoms with Crippen molar-refractivity contribution in [2.45, 2.75) is 11.9 Å². The lowest BCUT2D eigenvalue weighted by molar-refractivity contribution is 0.164. The third-order valence-corrected chi connectivity index (χ3v) is 5.08. The predicted octanol–water partition coefficient (Wildman–Crippen LogP) is 4.49. The fraction of sp³-hybridized carbons (Fsp3) is 0.250. The molecule has 0 amide bonds. The topological polar surface area (TPSA) is 35.0 Å². The highest BCUT2D eigenvalue weighted by Gasteiger charge is 2.10. The molecule has 108 valence electrons. The van der Waals surface area contributed by atoms with E-state index in [1.165, 1.54) is 10.4 Å². The third-order valence-electron chi connectivity index (χ3n) is 3.02. The standard InChI is InChI=1S/C16H16N2OS2/c1-2-19-8-9-20-15-13-10-14(12-6-4-3-5-7-12)21-16(13)18-11-17-15/h3-7,10-11H,2,8-9H2,1H3. The zero-order valence-corrected chi connectivity index (χ0v) is 13.4. The van der Waals surface area contributed by atoms with E-state index >= 15 is 0 Å². The van der Waals surface area contributed by atoms with Crippen LogP contribution in [0.3, 0.4) is 0 Å². The fourth-order valence-electron chi connectivity index (χ4n) is 2.04. The van der Waals surface area contributed by atoms with E-state index in [4.69, 9.17) is 4.74 Å². The molecule has 0 fully saturated rings. The Hall–Kier alpha value is -1.43. The number of rotatable bonds is 6. The average Bonchev–Trinajstić information content (AvgIpc) is 2.97. The van der Waals surface area contributed by atoms with Crippen molar-refractivity contribution >= 4 is 33.3 Å². The van der Waals surface area contributed by atoms with Gasteiger partial charge in [-0.1, -0.05) is 30.3 Å². The molecule has 21 heavy (non-hydrogen) atoms. The van der Waals surface area contributed by atoms with E-state index in [0.29, 0.717) is 0 Å². The first-order valence-electron chi connectivity index (χ1n) is 6.89. The Morgan fingerprint density at radius 3 is 2.86 bits per heavy atom. The predicted molar refractivity (Wildman–Crippen MR) is 90.1 cm³/mol. The van der Waals surface area contributed by atoms with Crippen LogP contribution in [0.25, 0.3) is 20.7 Å². The molecule has 0 unspecified atom stereocenters. The maximum absolute atomic E-state index is 5.38. The summed E-state index contributed by atoms with van der Waals surface area (Å²) in [4.78, 5) is 11.1. The van der Waals surface area contributed by atoms with Gasteiger partial charge in [0.1, 0.15) is 16.2 Å². The molecule has 0 radical (unpaired) electrons. The second-order valence-electron chi connectivity index (χ2n) is 4.42. The van der Waals surface area contributed by atoms with Gasteiger partial charge in [0.25, 0.3) is 0 Å². The van der Waals surface area contributed by atoms with Gasteiger partial charge in [-0.3, -0.25) is 0 Å². The molecule has 3 rings (SSSR count). The van der Waals surface area contributed by atoms with Crippen molar-refractivity contribution in [1.29, 1.82) is 0 Å². The summed E-state index contributed by atoms with van der Waals surface area (Å²) >= 11 is 3.44. The highest BCUT2D eigenvalue weighted by atomic mass is 32.2. The molecular weight excluding hydrogens is 300 g/mol. The Balaban J connectivity index is 1.87. The van der Waals surface area contributed by atoms with Crippen molar-refractivity contribution < 1.29 is 4.74 Å². The molecule has 2 heterocycles. The van der Waals surface area contributed by atoms with Gasteiger partial charge in [0.15, 0.2) is 0 Å². The summed E-state index contributed by atoms with van der Waals surface area (Å²) in [7, 11) is 0. The summed E-state index contributed by atoms with van der Waals surface area (Å²) < 4.78 is 5.38. The van der Waals surface area contributed by atoms with Gasteiger partial charge in [-0.25, -0.2) is 9.97 Å². The minimum absolute atomic E-state index is 0.752. The summed E-state index contributed by atoms with van der Waals surface area (Å²) in [6, 6.07) is 12.6. The molecule has 0 N–H and O–H groups in total. The molecule has 2 aromatic heterocycles. The van der Waals surface area contributed by atoms with Crippen LogP contribution in [0.1, 0.15) is 6.92 Å². The second kappa shape index (κ2) is 7.02. The lowest BCUT2D eigenvalue weighted by atomic mass is 10.2. The number of fused-ring (bicyclic) bond motifs is 1. The number of hydrogen-bond donors (Lipinski definition) is 0. The van der Waals surface area contributed by atoms with Crippen LogP contribution in [-0.2, 0) is 4.74 Å². The van der Waals surface area contributed by atoms with Gasteiger partial charge >= 0.3 is 0 Å². The second-order valence-corrected chi connectivity index (χ2v) is 6.53. The van der Waals surface area contributed by atoms with Gasteiger partial charge < -0.3 is 4.74 Å². The molecule has 0 aliphatic carbocycles. The molecule has 0 aliphatic heterocycles. The maximum atomic E-state index is 5.38. The molecule has 5 heteroatoms. The summed E-state index contributed by atoms with van der Waals surface area (Å²) in [6.45, 7) is 3.53. The first-order chi connectivity index (χ1) is 10.4. The van der Waals surface area contributed by atoms with Crippen LogP contribution in [0.5, 0.6) is 0 Å². The number of aromatic nitrogens is 2. The average molecular weight is 316 g/mol. The molecule has 0 spiro atoms. The van der Waals surface area contributed by atoms with Crippen molar-refractivity contribution in [1.82, 2.24) is 9.97 Å². The lowest BCUT2D eigenvalue weighted by Crippen LogP contribution is -1.96. The van der Waals surface area contributed by atoms with Crippen molar-refractivity contribution in [3.05, 3.63) is 42.7 Å². The zero-order chi connectivity index (χ0) is 14.5. The van der Waals surface area contributed by atoms with Gasteiger partial charge in [0.05, 0.1) is 6.61 Å². The number of thioether (sulfide) groups is 1. The highest BCUT2D eigenvalue weighted by molar-refractivity contribution is 7.99. The van der Waals surface area contributed by atoms with Crippen LogP contribution >= 0.6 is 23.1 Å². The number of benzene rings is 1. The van der Waals surface area contributed by atoms with Crippen LogP contribution in [-0.4, -0.2) is 28.9 Å². The molecular formula is C16H16N2OS2. The number of ether oxygens (including phenoxy) is 1. The Morgan fingerprint density at radius 1 is 1.19 bits per heavy atom. The van der Waals surface area contributed by atoms with Gasteiger partial charge in [-0.15, -0.1) is 23.1 Å². The van der Waals surface area contributed by atoms with Crippen LogP contribution in [0.2, 0.25) is 0 Å². The summed E-state index contributed by atoms with van der Waals surface area (Å²) in [6.07, 6.45) is 1.65. The quantitative estimate of drug-likeness (QED) is 0.381. The smallest absolute Gasteiger partial charge is 0.128 e. The van der Waals surface area contributed by atoms with Crippen molar-refractivity contribution in [2.75, 3.05) is 19.0 Å². The van der Waals surface area contributed by atoms with Crippen molar-refractivity contribution in [2.24, 2.45) is 0 Å². The van der Waals surface area contributed by atoms with Crippen LogP contribution in [0.4, 0.5) is 0 Å². The molecule has 3 aromatic rings. The number of hydrogen-bond acceptors (Lipinski definition) is 5. The lowest BCUT2D eigenvalue weighted by Gasteiger charge is -2.01. The molecule has 1 aromatic carbocycles. The first-order valence-corrected chi connectivity index (χ1v) is 8.69. The van der Waals surface area contributed by atoms with E-state index in [2.05, 4.69) is 40.3 Å². The number of nitrogens with zero attached hydrogens (tertiary/aromatic N) is 2. The molecule has 0 bridgehead atoms. The van der Waals surface area contributed by atoms with Gasteiger partial charge in [-0.05, 0) is 18.6 Å². The van der Waals surface area contributed by atoms with E-state index in [9.17, 15) is 0 Å². The van der Waals surface area contributed by atoms with E-state index in [-0.39, 0.29) is 0 Å². The van der Waals surface area contributed by atoms with Crippen LogP contribution < -0.4 is 0 Å². The molecule has 0 atom stereocenters. The molecule has 0 saturated carbocycles. The fourth-order valence-corrected chi connectivity index (χ4v) is 3.93. The van der Waals surface area contributed by atoms with Gasteiger partial charge in [0.2, 0.25) is 0 Å². The van der Waals surface area contributed by atoms with E-state index < -0.39 is 0 Å². The number of thiophene rings is 1. The SMILES string of the molecule is CCOCCSc1ncnc2sc(-c3ccccc3)cc12. The summed E-state index contributed by atoms with van der Waals surface area (Å²) in [5.41, 5.74) is 1.23. The van der Waals surface area contributed by atoms with Gasteiger partial charge in [-0.2, -0.15) is 0 Å². The Labute approximate surface area is 132 Å². The monoisotopic (exact) mass is 316 g/mol. The Bertz CT molecular complexity index is 713. The minimum Gasteiger partial charge on any atom is -0.381 e. The highest BCUT2D eigenvalue weighted by Crippen LogP contribution is 2.35. The molecule has 3 nitrogen and oxygen atoms in total.